The lowest BCUT2D eigenvalue weighted by molar-refractivity contribution is -0.116. The standard InChI is InChI=1S/C18H22ClN3O4/c1-11-13(18(19)22(2)21-11)6-7-17(23)20-10-14-15(25-4)8-12(24-3)9-16(14)26-5/h6-9H,10H2,1-5H3,(H,20,23)/b7-6+. The van der Waals surface area contributed by atoms with Gasteiger partial charge in [0, 0.05) is 30.8 Å². The number of rotatable bonds is 7. The Bertz CT molecular complexity index is 805. The SMILES string of the molecule is COc1cc(OC)c(CNC(=O)/C=C/c2c(C)nn(C)c2Cl)c(OC)c1. The van der Waals surface area contributed by atoms with Crippen molar-refractivity contribution >= 4 is 23.6 Å². The van der Waals surface area contributed by atoms with Gasteiger partial charge in [-0.1, -0.05) is 11.6 Å². The molecule has 1 N–H and O–H groups in total. The highest BCUT2D eigenvalue weighted by atomic mass is 35.5. The molecular formula is C18H22ClN3O4. The fourth-order valence-electron chi connectivity index (χ4n) is 2.48. The molecule has 0 aliphatic carbocycles. The van der Waals surface area contributed by atoms with Crippen molar-refractivity contribution in [1.29, 1.82) is 0 Å². The number of halogens is 1. The normalized spacial score (nSPS) is 10.8. The van der Waals surface area contributed by atoms with Crippen LogP contribution in [0.1, 0.15) is 16.8 Å². The Morgan fingerprint density at radius 1 is 1.23 bits per heavy atom. The molecule has 1 amide bonds. The molecule has 0 bridgehead atoms. The summed E-state index contributed by atoms with van der Waals surface area (Å²) in [5.74, 6) is 1.47. The van der Waals surface area contributed by atoms with E-state index in [1.165, 1.54) is 6.08 Å². The van der Waals surface area contributed by atoms with Crippen molar-refractivity contribution in [2.24, 2.45) is 7.05 Å². The van der Waals surface area contributed by atoms with Crippen LogP contribution in [0, 0.1) is 6.92 Å². The van der Waals surface area contributed by atoms with E-state index in [9.17, 15) is 4.79 Å². The van der Waals surface area contributed by atoms with E-state index in [0.29, 0.717) is 33.5 Å². The molecule has 0 unspecified atom stereocenters. The molecule has 2 rings (SSSR count). The van der Waals surface area contributed by atoms with E-state index < -0.39 is 0 Å². The maximum Gasteiger partial charge on any atom is 0.244 e. The highest BCUT2D eigenvalue weighted by Crippen LogP contribution is 2.33. The van der Waals surface area contributed by atoms with E-state index in [2.05, 4.69) is 10.4 Å². The highest BCUT2D eigenvalue weighted by molar-refractivity contribution is 6.31. The van der Waals surface area contributed by atoms with Crippen molar-refractivity contribution in [2.45, 2.75) is 13.5 Å². The molecule has 0 aliphatic rings. The average molecular weight is 380 g/mol. The topological polar surface area (TPSA) is 74.6 Å². The van der Waals surface area contributed by atoms with Gasteiger partial charge >= 0.3 is 0 Å². The number of aryl methyl sites for hydroxylation is 2. The first-order chi connectivity index (χ1) is 12.4. The third-order valence-electron chi connectivity index (χ3n) is 3.85. The van der Waals surface area contributed by atoms with Crippen LogP contribution in [-0.2, 0) is 18.4 Å². The quantitative estimate of drug-likeness (QED) is 0.749. The summed E-state index contributed by atoms with van der Waals surface area (Å²) < 4.78 is 17.5. The Morgan fingerprint density at radius 3 is 2.31 bits per heavy atom. The van der Waals surface area contributed by atoms with Gasteiger partial charge in [0.15, 0.2) is 0 Å². The second-order valence-corrected chi connectivity index (χ2v) is 5.83. The van der Waals surface area contributed by atoms with Crippen molar-refractivity contribution in [1.82, 2.24) is 15.1 Å². The summed E-state index contributed by atoms with van der Waals surface area (Å²) in [5.41, 5.74) is 2.18. The summed E-state index contributed by atoms with van der Waals surface area (Å²) in [6.45, 7) is 2.07. The molecule has 0 spiro atoms. The Morgan fingerprint density at radius 2 is 1.85 bits per heavy atom. The first-order valence-electron chi connectivity index (χ1n) is 7.85. The van der Waals surface area contributed by atoms with Gasteiger partial charge in [-0.15, -0.1) is 0 Å². The molecule has 0 atom stereocenters. The van der Waals surface area contributed by atoms with Crippen molar-refractivity contribution < 1.29 is 19.0 Å². The minimum absolute atomic E-state index is 0.235. The summed E-state index contributed by atoms with van der Waals surface area (Å²) in [7, 11) is 6.40. The molecule has 0 aliphatic heterocycles. The smallest absolute Gasteiger partial charge is 0.244 e. The number of ether oxygens (including phenoxy) is 3. The van der Waals surface area contributed by atoms with E-state index in [4.69, 9.17) is 25.8 Å². The Kier molecular flexibility index (Phi) is 6.52. The molecule has 26 heavy (non-hydrogen) atoms. The first-order valence-corrected chi connectivity index (χ1v) is 8.23. The summed E-state index contributed by atoms with van der Waals surface area (Å²) in [6.07, 6.45) is 3.06. The van der Waals surface area contributed by atoms with Gasteiger partial charge in [0.05, 0.1) is 39.1 Å². The van der Waals surface area contributed by atoms with Gasteiger partial charge in [-0.3, -0.25) is 9.48 Å². The zero-order valence-corrected chi connectivity index (χ0v) is 16.2. The Balaban J connectivity index is 2.13. The van der Waals surface area contributed by atoms with Gasteiger partial charge in [-0.2, -0.15) is 5.10 Å². The lowest BCUT2D eigenvalue weighted by Gasteiger charge is -2.15. The predicted octanol–water partition coefficient (Wildman–Crippen LogP) is 2.74. The van der Waals surface area contributed by atoms with Crippen LogP contribution in [0.4, 0.5) is 0 Å². The number of nitrogens with zero attached hydrogens (tertiary/aromatic N) is 2. The molecule has 0 saturated carbocycles. The number of amides is 1. The average Bonchev–Trinajstić information content (AvgIpc) is 2.89. The van der Waals surface area contributed by atoms with Crippen molar-refractivity contribution in [3.05, 3.63) is 40.2 Å². The van der Waals surface area contributed by atoms with Crippen LogP contribution in [0.3, 0.4) is 0 Å². The molecule has 1 aromatic heterocycles. The third-order valence-corrected chi connectivity index (χ3v) is 4.30. The number of carbonyl (C=O) groups is 1. The summed E-state index contributed by atoms with van der Waals surface area (Å²) in [6, 6.07) is 3.47. The number of benzene rings is 1. The van der Waals surface area contributed by atoms with Gasteiger partial charge in [0.2, 0.25) is 5.91 Å². The minimum Gasteiger partial charge on any atom is -0.496 e. The van der Waals surface area contributed by atoms with E-state index in [1.807, 2.05) is 6.92 Å². The second kappa shape index (κ2) is 8.62. The van der Waals surface area contributed by atoms with Crippen LogP contribution < -0.4 is 19.5 Å². The van der Waals surface area contributed by atoms with Crippen molar-refractivity contribution in [2.75, 3.05) is 21.3 Å². The molecule has 140 valence electrons. The summed E-state index contributed by atoms with van der Waals surface area (Å²) in [5, 5.41) is 7.48. The molecule has 0 radical (unpaired) electrons. The monoisotopic (exact) mass is 379 g/mol. The molecule has 0 saturated heterocycles. The van der Waals surface area contributed by atoms with Gasteiger partial charge in [-0.05, 0) is 13.0 Å². The van der Waals surface area contributed by atoms with E-state index in [1.54, 1.807) is 51.3 Å². The van der Waals surface area contributed by atoms with Crippen LogP contribution in [0.15, 0.2) is 18.2 Å². The molecule has 7 nitrogen and oxygen atoms in total. The minimum atomic E-state index is -0.274. The van der Waals surface area contributed by atoms with E-state index in [-0.39, 0.29) is 12.5 Å². The number of carbonyl (C=O) groups excluding carboxylic acids is 1. The fourth-order valence-corrected chi connectivity index (χ4v) is 2.72. The molecule has 8 heteroatoms. The van der Waals surface area contributed by atoms with Crippen molar-refractivity contribution in [3.8, 4) is 17.2 Å². The largest absolute Gasteiger partial charge is 0.496 e. The molecule has 1 heterocycles. The lowest BCUT2D eigenvalue weighted by atomic mass is 10.1. The summed E-state index contributed by atoms with van der Waals surface area (Å²) in [4.78, 5) is 12.2. The second-order valence-electron chi connectivity index (χ2n) is 5.48. The van der Waals surface area contributed by atoms with Crippen molar-refractivity contribution in [3.63, 3.8) is 0 Å². The number of nitrogens with one attached hydrogen (secondary N) is 1. The van der Waals surface area contributed by atoms with Crippen LogP contribution >= 0.6 is 11.6 Å². The van der Waals surface area contributed by atoms with Gasteiger partial charge in [-0.25, -0.2) is 0 Å². The molecule has 2 aromatic rings. The van der Waals surface area contributed by atoms with Gasteiger partial charge in [0.25, 0.3) is 0 Å². The van der Waals surface area contributed by atoms with E-state index >= 15 is 0 Å². The fraction of sp³-hybridized carbons (Fsp3) is 0.333. The van der Waals surface area contributed by atoms with Gasteiger partial charge < -0.3 is 19.5 Å². The molecule has 1 aromatic carbocycles. The lowest BCUT2D eigenvalue weighted by Crippen LogP contribution is -2.21. The summed E-state index contributed by atoms with van der Waals surface area (Å²) >= 11 is 6.15. The van der Waals surface area contributed by atoms with E-state index in [0.717, 1.165) is 5.69 Å². The predicted molar refractivity (Wildman–Crippen MR) is 99.9 cm³/mol. The van der Waals surface area contributed by atoms with Crippen LogP contribution in [0.5, 0.6) is 17.2 Å². The molecule has 0 fully saturated rings. The first kappa shape index (κ1) is 19.7. The maximum absolute atomic E-state index is 12.2. The van der Waals surface area contributed by atoms with Crippen LogP contribution in [0.2, 0.25) is 5.15 Å². The Hall–Kier alpha value is -2.67. The maximum atomic E-state index is 12.2. The highest BCUT2D eigenvalue weighted by Gasteiger charge is 2.14. The number of methoxy groups -OCH3 is 3. The molecular weight excluding hydrogens is 358 g/mol. The van der Waals surface area contributed by atoms with Gasteiger partial charge in [0.1, 0.15) is 22.4 Å². The number of hydrogen-bond donors (Lipinski definition) is 1. The number of hydrogen-bond acceptors (Lipinski definition) is 5. The third kappa shape index (κ3) is 4.29. The zero-order valence-electron chi connectivity index (χ0n) is 15.4. The van der Waals surface area contributed by atoms with Crippen LogP contribution in [0.25, 0.3) is 6.08 Å². The zero-order chi connectivity index (χ0) is 19.3. The Labute approximate surface area is 157 Å². The number of aromatic nitrogens is 2. The van der Waals surface area contributed by atoms with Crippen LogP contribution in [-0.4, -0.2) is 37.0 Å².